The third kappa shape index (κ3) is 3.23. The van der Waals surface area contributed by atoms with Crippen molar-refractivity contribution >= 4 is 39.9 Å². The van der Waals surface area contributed by atoms with Gasteiger partial charge in [0, 0.05) is 49.2 Å². The highest BCUT2D eigenvalue weighted by atomic mass is 16.5. The Bertz CT molecular complexity index is 1250. The zero-order valence-electron chi connectivity index (χ0n) is 18.2. The summed E-state index contributed by atoms with van der Waals surface area (Å²) in [5.74, 6) is 0.506. The molecule has 9 nitrogen and oxygen atoms in total. The Morgan fingerprint density at radius 2 is 1.91 bits per heavy atom. The fourth-order valence-corrected chi connectivity index (χ4v) is 5.19. The molecule has 2 aromatic carbocycles. The highest BCUT2D eigenvalue weighted by Crippen LogP contribution is 2.44. The number of aromatic nitrogens is 1. The lowest BCUT2D eigenvalue weighted by Crippen LogP contribution is -2.40. The summed E-state index contributed by atoms with van der Waals surface area (Å²) in [6.07, 6.45) is 1.71. The standard InChI is InChI=1S/C24H26N6O3/c25-23(31)18-2-1-9-29(18)16-12-17-20-19(13-16)33-11-8-26-22(20)21(28-17)14-3-5-15(6-4-14)30-10-7-27-24(30)32/h3-6,12-13,18,26,28H,1-2,7-11H2,(H2,25,31)(H,27,32)/t18-/m0/s1. The normalized spacial score (nSPS) is 19.9. The molecule has 3 aliphatic rings. The van der Waals surface area contributed by atoms with Crippen molar-refractivity contribution in [2.24, 2.45) is 5.73 Å². The molecule has 170 valence electrons. The van der Waals surface area contributed by atoms with Gasteiger partial charge in [-0.25, -0.2) is 4.79 Å². The lowest BCUT2D eigenvalue weighted by molar-refractivity contribution is -0.119. The number of primary amides is 1. The summed E-state index contributed by atoms with van der Waals surface area (Å²) < 4.78 is 6.09. The number of hydrogen-bond donors (Lipinski definition) is 4. The molecule has 2 saturated heterocycles. The molecule has 2 fully saturated rings. The van der Waals surface area contributed by atoms with E-state index in [0.717, 1.165) is 64.4 Å². The van der Waals surface area contributed by atoms with E-state index < -0.39 is 0 Å². The highest BCUT2D eigenvalue weighted by Gasteiger charge is 2.31. The van der Waals surface area contributed by atoms with E-state index in [1.807, 2.05) is 30.3 Å². The summed E-state index contributed by atoms with van der Waals surface area (Å²) >= 11 is 0. The van der Waals surface area contributed by atoms with Crippen LogP contribution in [0.15, 0.2) is 36.4 Å². The first-order valence-electron chi connectivity index (χ1n) is 11.4. The molecule has 5 N–H and O–H groups in total. The highest BCUT2D eigenvalue weighted by molar-refractivity contribution is 6.07. The van der Waals surface area contributed by atoms with Gasteiger partial charge in [0.05, 0.1) is 22.3 Å². The van der Waals surface area contributed by atoms with Crippen molar-refractivity contribution in [1.29, 1.82) is 0 Å². The van der Waals surface area contributed by atoms with Crippen molar-refractivity contribution in [3.05, 3.63) is 36.4 Å². The van der Waals surface area contributed by atoms with Crippen molar-refractivity contribution in [1.82, 2.24) is 10.3 Å². The second-order valence-electron chi connectivity index (χ2n) is 8.70. The van der Waals surface area contributed by atoms with Crippen LogP contribution in [-0.4, -0.2) is 55.8 Å². The van der Waals surface area contributed by atoms with Gasteiger partial charge in [0.1, 0.15) is 18.4 Å². The van der Waals surface area contributed by atoms with Crippen LogP contribution < -0.4 is 30.9 Å². The molecule has 0 unspecified atom stereocenters. The number of anilines is 3. The minimum Gasteiger partial charge on any atom is -0.491 e. The van der Waals surface area contributed by atoms with E-state index in [1.54, 1.807) is 4.90 Å². The van der Waals surface area contributed by atoms with Gasteiger partial charge < -0.3 is 31.0 Å². The van der Waals surface area contributed by atoms with Crippen molar-refractivity contribution in [2.75, 3.05) is 47.9 Å². The fourth-order valence-electron chi connectivity index (χ4n) is 5.19. The van der Waals surface area contributed by atoms with Crippen LogP contribution in [0.2, 0.25) is 0 Å². The minimum atomic E-state index is -0.291. The minimum absolute atomic E-state index is 0.0629. The molecule has 1 aromatic heterocycles. The summed E-state index contributed by atoms with van der Waals surface area (Å²) in [6, 6.07) is 11.7. The predicted molar refractivity (Wildman–Crippen MR) is 128 cm³/mol. The summed E-state index contributed by atoms with van der Waals surface area (Å²) in [4.78, 5) is 31.3. The number of hydrogen-bond acceptors (Lipinski definition) is 5. The van der Waals surface area contributed by atoms with Gasteiger partial charge in [-0.1, -0.05) is 12.1 Å². The van der Waals surface area contributed by atoms with Gasteiger partial charge in [-0.05, 0) is 31.0 Å². The molecule has 4 heterocycles. The van der Waals surface area contributed by atoms with Gasteiger partial charge in [0.25, 0.3) is 0 Å². The number of nitrogens with one attached hydrogen (secondary N) is 3. The summed E-state index contributed by atoms with van der Waals surface area (Å²) in [6.45, 7) is 3.36. The summed E-state index contributed by atoms with van der Waals surface area (Å²) in [5, 5.41) is 7.35. The first-order valence-corrected chi connectivity index (χ1v) is 11.4. The zero-order valence-corrected chi connectivity index (χ0v) is 18.2. The fraction of sp³-hybridized carbons (Fsp3) is 0.333. The summed E-state index contributed by atoms with van der Waals surface area (Å²) in [7, 11) is 0. The number of H-pyrrole nitrogens is 1. The van der Waals surface area contributed by atoms with Crippen LogP contribution in [0.25, 0.3) is 22.2 Å². The Kier molecular flexibility index (Phi) is 4.56. The molecular formula is C24H26N6O3. The van der Waals surface area contributed by atoms with Gasteiger partial charge in [0.15, 0.2) is 0 Å². The van der Waals surface area contributed by atoms with Crippen LogP contribution in [0.1, 0.15) is 12.8 Å². The lowest BCUT2D eigenvalue weighted by atomic mass is 10.1. The molecule has 9 heteroatoms. The third-order valence-electron chi connectivity index (χ3n) is 6.75. The van der Waals surface area contributed by atoms with Gasteiger partial charge in [0.2, 0.25) is 5.91 Å². The van der Waals surface area contributed by atoms with E-state index in [2.05, 4.69) is 26.6 Å². The Balaban J connectivity index is 1.42. The number of carbonyl (C=O) groups is 2. The number of urea groups is 1. The summed E-state index contributed by atoms with van der Waals surface area (Å²) in [5.41, 5.74) is 11.4. The van der Waals surface area contributed by atoms with Crippen LogP contribution in [0.4, 0.5) is 21.9 Å². The molecule has 0 bridgehead atoms. The Hall–Kier alpha value is -3.88. The Morgan fingerprint density at radius 3 is 2.67 bits per heavy atom. The number of amides is 3. The third-order valence-corrected chi connectivity index (χ3v) is 6.75. The molecule has 0 radical (unpaired) electrons. The van der Waals surface area contributed by atoms with Gasteiger partial charge in [-0.3, -0.25) is 9.69 Å². The van der Waals surface area contributed by atoms with Gasteiger partial charge in [-0.2, -0.15) is 0 Å². The number of nitrogens with two attached hydrogens (primary N) is 1. The van der Waals surface area contributed by atoms with Crippen LogP contribution in [0.3, 0.4) is 0 Å². The van der Waals surface area contributed by atoms with Crippen LogP contribution in [0, 0.1) is 0 Å². The zero-order chi connectivity index (χ0) is 22.5. The van der Waals surface area contributed by atoms with E-state index in [-0.39, 0.29) is 18.0 Å². The van der Waals surface area contributed by atoms with E-state index >= 15 is 0 Å². The van der Waals surface area contributed by atoms with Gasteiger partial charge >= 0.3 is 6.03 Å². The second kappa shape index (κ2) is 7.61. The molecule has 0 saturated carbocycles. The largest absolute Gasteiger partial charge is 0.491 e. The molecule has 3 aromatic rings. The Labute approximate surface area is 190 Å². The van der Waals surface area contributed by atoms with E-state index in [0.29, 0.717) is 26.2 Å². The molecule has 6 rings (SSSR count). The number of aromatic amines is 1. The second-order valence-corrected chi connectivity index (χ2v) is 8.70. The average molecular weight is 447 g/mol. The molecule has 3 aliphatic heterocycles. The monoisotopic (exact) mass is 446 g/mol. The van der Waals surface area contributed by atoms with Crippen LogP contribution in [-0.2, 0) is 4.79 Å². The number of benzene rings is 2. The van der Waals surface area contributed by atoms with Gasteiger partial charge in [-0.15, -0.1) is 0 Å². The number of rotatable bonds is 4. The van der Waals surface area contributed by atoms with Crippen LogP contribution >= 0.6 is 0 Å². The maximum atomic E-state index is 12.0. The maximum Gasteiger partial charge on any atom is 0.321 e. The van der Waals surface area contributed by atoms with Crippen molar-refractivity contribution in [2.45, 2.75) is 18.9 Å². The average Bonchev–Trinajstić information content (AvgIpc) is 3.51. The molecular weight excluding hydrogens is 420 g/mol. The van der Waals surface area contributed by atoms with E-state index in [9.17, 15) is 9.59 Å². The van der Waals surface area contributed by atoms with E-state index in [4.69, 9.17) is 10.5 Å². The molecule has 3 amide bonds. The first kappa shape index (κ1) is 19.8. The molecule has 0 spiro atoms. The molecule has 33 heavy (non-hydrogen) atoms. The van der Waals surface area contributed by atoms with Crippen molar-refractivity contribution in [3.63, 3.8) is 0 Å². The predicted octanol–water partition coefficient (Wildman–Crippen LogP) is 2.62. The lowest BCUT2D eigenvalue weighted by Gasteiger charge is -2.25. The first-order chi connectivity index (χ1) is 16.1. The number of ether oxygens (including phenoxy) is 1. The van der Waals surface area contributed by atoms with Crippen molar-refractivity contribution < 1.29 is 14.3 Å². The molecule has 0 aliphatic carbocycles. The Morgan fingerprint density at radius 1 is 1.06 bits per heavy atom. The maximum absolute atomic E-state index is 12.0. The quantitative estimate of drug-likeness (QED) is 0.492. The smallest absolute Gasteiger partial charge is 0.321 e. The topological polar surface area (TPSA) is 116 Å². The number of nitrogens with zero attached hydrogens (tertiary/aromatic N) is 2. The molecule has 1 atom stereocenters. The number of carbonyl (C=O) groups excluding carboxylic acids is 2. The van der Waals surface area contributed by atoms with Crippen LogP contribution in [0.5, 0.6) is 5.75 Å². The van der Waals surface area contributed by atoms with E-state index in [1.165, 1.54) is 0 Å². The van der Waals surface area contributed by atoms with Crippen molar-refractivity contribution in [3.8, 4) is 17.0 Å². The SMILES string of the molecule is NC(=O)[C@@H]1CCCN1c1cc2c3c(c(-c4ccc(N5CCNC5=O)cc4)[nH]c3c1)NCCO2.